The van der Waals surface area contributed by atoms with Crippen molar-refractivity contribution in [3.8, 4) is 5.88 Å². The third-order valence-corrected chi connectivity index (χ3v) is 5.27. The zero-order valence-corrected chi connectivity index (χ0v) is 18.1. The fourth-order valence-corrected chi connectivity index (χ4v) is 3.76. The Labute approximate surface area is 168 Å². The van der Waals surface area contributed by atoms with Crippen molar-refractivity contribution >= 4 is 0 Å². The molecule has 1 fully saturated rings. The maximum atomic E-state index is 6.15. The van der Waals surface area contributed by atoms with Crippen molar-refractivity contribution in [3.05, 3.63) is 28.3 Å². The lowest BCUT2D eigenvalue weighted by molar-refractivity contribution is 0.0452. The van der Waals surface area contributed by atoms with Crippen molar-refractivity contribution in [1.82, 2.24) is 19.8 Å². The van der Waals surface area contributed by atoms with Gasteiger partial charge in [-0.05, 0) is 40.0 Å². The van der Waals surface area contributed by atoms with E-state index in [1.54, 1.807) is 0 Å². The lowest BCUT2D eigenvalue weighted by Gasteiger charge is -2.18. The molecule has 0 aromatic carbocycles. The smallest absolute Gasteiger partial charge is 0.216 e. The van der Waals surface area contributed by atoms with E-state index in [-0.39, 0.29) is 6.10 Å². The Morgan fingerprint density at radius 3 is 2.61 bits per heavy atom. The normalized spacial score (nSPS) is 17.8. The fraction of sp³-hybridized carbons (Fsp3) is 0.714. The summed E-state index contributed by atoms with van der Waals surface area (Å²) in [4.78, 5) is 2.43. The summed E-state index contributed by atoms with van der Waals surface area (Å²) >= 11 is 0. The van der Waals surface area contributed by atoms with Gasteiger partial charge in [0.15, 0.2) is 0 Å². The molecule has 156 valence electrons. The summed E-state index contributed by atoms with van der Waals surface area (Å²) in [5.74, 6) is 2.30. The molecule has 0 bridgehead atoms. The van der Waals surface area contributed by atoms with Gasteiger partial charge in [-0.3, -0.25) is 4.90 Å². The van der Waals surface area contributed by atoms with E-state index in [4.69, 9.17) is 19.1 Å². The summed E-state index contributed by atoms with van der Waals surface area (Å²) in [6.07, 6.45) is 1.27. The zero-order valence-electron chi connectivity index (χ0n) is 18.1. The van der Waals surface area contributed by atoms with Crippen LogP contribution in [-0.4, -0.2) is 45.6 Å². The largest absolute Gasteiger partial charge is 0.478 e. The standard InChI is InChI=1S/C21H34N4O3/c1-7-26-21-19(15(4)22-25(21)10-14(2)3)12-24-9-8-18(11-24)27-13-20-16(5)23-28-17(20)6/h14,18H,7-13H2,1-6H3. The summed E-state index contributed by atoms with van der Waals surface area (Å²) in [5.41, 5.74) is 4.25. The van der Waals surface area contributed by atoms with Crippen molar-refractivity contribution in [1.29, 1.82) is 0 Å². The Morgan fingerprint density at radius 2 is 1.96 bits per heavy atom. The zero-order chi connectivity index (χ0) is 20.3. The quantitative estimate of drug-likeness (QED) is 0.651. The number of aromatic nitrogens is 3. The number of aryl methyl sites for hydroxylation is 3. The summed E-state index contributed by atoms with van der Waals surface area (Å²) in [7, 11) is 0. The van der Waals surface area contributed by atoms with Gasteiger partial charge < -0.3 is 14.0 Å². The van der Waals surface area contributed by atoms with Crippen LogP contribution in [0.2, 0.25) is 0 Å². The van der Waals surface area contributed by atoms with Gasteiger partial charge in [-0.1, -0.05) is 19.0 Å². The van der Waals surface area contributed by atoms with Gasteiger partial charge in [0.05, 0.1) is 36.3 Å². The number of rotatable bonds is 9. The first-order valence-corrected chi connectivity index (χ1v) is 10.3. The van der Waals surface area contributed by atoms with Crippen LogP contribution in [0.5, 0.6) is 5.88 Å². The minimum Gasteiger partial charge on any atom is -0.478 e. The maximum absolute atomic E-state index is 6.15. The van der Waals surface area contributed by atoms with Gasteiger partial charge in [0.1, 0.15) is 5.76 Å². The number of ether oxygens (including phenoxy) is 2. The minimum atomic E-state index is 0.232. The monoisotopic (exact) mass is 390 g/mol. The van der Waals surface area contributed by atoms with Crippen LogP contribution in [0.25, 0.3) is 0 Å². The number of hydrogen-bond acceptors (Lipinski definition) is 6. The van der Waals surface area contributed by atoms with Crippen LogP contribution in [0.4, 0.5) is 0 Å². The Kier molecular flexibility index (Phi) is 6.78. The SMILES string of the molecule is CCOc1c(CN2CCC(OCc3c(C)noc3C)C2)c(C)nn1CC(C)C. The van der Waals surface area contributed by atoms with Gasteiger partial charge in [-0.2, -0.15) is 5.10 Å². The summed E-state index contributed by atoms with van der Waals surface area (Å²) in [6.45, 7) is 17.3. The molecule has 1 aliphatic heterocycles. The average molecular weight is 391 g/mol. The molecule has 7 nitrogen and oxygen atoms in total. The molecule has 1 unspecified atom stereocenters. The van der Waals surface area contributed by atoms with Gasteiger partial charge >= 0.3 is 0 Å². The third kappa shape index (κ3) is 4.75. The highest BCUT2D eigenvalue weighted by Gasteiger charge is 2.27. The molecule has 0 N–H and O–H groups in total. The Morgan fingerprint density at radius 1 is 1.18 bits per heavy atom. The highest BCUT2D eigenvalue weighted by molar-refractivity contribution is 5.31. The van der Waals surface area contributed by atoms with Crippen molar-refractivity contribution in [2.45, 2.75) is 73.8 Å². The molecule has 1 saturated heterocycles. The molecule has 2 aromatic rings. The second kappa shape index (κ2) is 9.09. The van der Waals surface area contributed by atoms with Crippen molar-refractivity contribution in [2.75, 3.05) is 19.7 Å². The molecule has 0 aliphatic carbocycles. The highest BCUT2D eigenvalue weighted by Crippen LogP contribution is 2.27. The Hall–Kier alpha value is -1.86. The molecular formula is C21H34N4O3. The van der Waals surface area contributed by atoms with E-state index in [9.17, 15) is 0 Å². The molecule has 3 heterocycles. The van der Waals surface area contributed by atoms with E-state index in [2.05, 4.69) is 30.8 Å². The predicted molar refractivity (Wildman–Crippen MR) is 107 cm³/mol. The molecule has 0 radical (unpaired) electrons. The van der Waals surface area contributed by atoms with Gasteiger partial charge in [0, 0.05) is 31.7 Å². The molecule has 0 saturated carbocycles. The van der Waals surface area contributed by atoms with E-state index in [1.807, 2.05) is 25.5 Å². The van der Waals surface area contributed by atoms with Crippen molar-refractivity contribution in [2.24, 2.45) is 5.92 Å². The fourth-order valence-electron chi connectivity index (χ4n) is 3.76. The Balaban J connectivity index is 1.61. The molecule has 0 amide bonds. The first kappa shape index (κ1) is 20.9. The molecule has 2 aromatic heterocycles. The van der Waals surface area contributed by atoms with Gasteiger partial charge in [0.2, 0.25) is 5.88 Å². The summed E-state index contributed by atoms with van der Waals surface area (Å²) < 4.78 is 19.4. The third-order valence-electron chi connectivity index (χ3n) is 5.27. The topological polar surface area (TPSA) is 65.6 Å². The van der Waals surface area contributed by atoms with Gasteiger partial charge in [-0.15, -0.1) is 0 Å². The van der Waals surface area contributed by atoms with Crippen LogP contribution in [0.1, 0.15) is 55.5 Å². The van der Waals surface area contributed by atoms with Crippen molar-refractivity contribution < 1.29 is 14.0 Å². The molecule has 0 spiro atoms. The summed E-state index contributed by atoms with van der Waals surface area (Å²) in [6, 6.07) is 0. The van der Waals surface area contributed by atoms with Crippen LogP contribution >= 0.6 is 0 Å². The Bertz CT molecular complexity index is 761. The van der Waals surface area contributed by atoms with Crippen LogP contribution in [-0.2, 0) is 24.4 Å². The molecule has 1 atom stereocenters. The maximum Gasteiger partial charge on any atom is 0.216 e. The number of likely N-dealkylation sites (tertiary alicyclic amines) is 1. The van der Waals surface area contributed by atoms with E-state index in [0.29, 0.717) is 19.1 Å². The first-order chi connectivity index (χ1) is 13.4. The van der Waals surface area contributed by atoms with E-state index < -0.39 is 0 Å². The van der Waals surface area contributed by atoms with E-state index in [1.165, 1.54) is 5.56 Å². The lowest BCUT2D eigenvalue weighted by Crippen LogP contribution is -2.23. The van der Waals surface area contributed by atoms with Crippen LogP contribution < -0.4 is 4.74 Å². The van der Waals surface area contributed by atoms with Crippen LogP contribution in [0.15, 0.2) is 4.52 Å². The molecule has 28 heavy (non-hydrogen) atoms. The molecule has 1 aliphatic rings. The number of hydrogen-bond donors (Lipinski definition) is 0. The van der Waals surface area contributed by atoms with Crippen LogP contribution in [0, 0.1) is 26.7 Å². The first-order valence-electron chi connectivity index (χ1n) is 10.3. The van der Waals surface area contributed by atoms with Crippen LogP contribution in [0.3, 0.4) is 0 Å². The summed E-state index contributed by atoms with van der Waals surface area (Å²) in [5, 5.41) is 8.74. The molecular weight excluding hydrogens is 356 g/mol. The lowest BCUT2D eigenvalue weighted by atomic mass is 10.2. The number of nitrogens with zero attached hydrogens (tertiary/aromatic N) is 4. The molecule has 7 heteroatoms. The van der Waals surface area contributed by atoms with Gasteiger partial charge in [0.25, 0.3) is 0 Å². The van der Waals surface area contributed by atoms with Gasteiger partial charge in [-0.25, -0.2) is 4.68 Å². The second-order valence-electron chi connectivity index (χ2n) is 8.14. The highest BCUT2D eigenvalue weighted by atomic mass is 16.5. The molecule has 3 rings (SSSR count). The van der Waals surface area contributed by atoms with E-state index >= 15 is 0 Å². The predicted octanol–water partition coefficient (Wildman–Crippen LogP) is 3.64. The van der Waals surface area contributed by atoms with E-state index in [0.717, 1.165) is 61.2 Å². The second-order valence-corrected chi connectivity index (χ2v) is 8.14. The van der Waals surface area contributed by atoms with Crippen molar-refractivity contribution in [3.63, 3.8) is 0 Å². The average Bonchev–Trinajstić information content (AvgIpc) is 3.28. The minimum absolute atomic E-state index is 0.232.